The Morgan fingerprint density at radius 1 is 1.21 bits per heavy atom. The molecule has 1 saturated heterocycles. The molecule has 29 heavy (non-hydrogen) atoms. The molecule has 1 fully saturated rings. The Kier molecular flexibility index (Phi) is 5.26. The lowest BCUT2D eigenvalue weighted by Gasteiger charge is -2.26. The molecular formula is C21H20FN3O4. The van der Waals surface area contributed by atoms with Gasteiger partial charge in [-0.1, -0.05) is 24.3 Å². The number of amides is 1. The number of nitrogens with zero attached hydrogens (tertiary/aromatic N) is 2. The Morgan fingerprint density at radius 3 is 2.69 bits per heavy atom. The van der Waals surface area contributed by atoms with Crippen molar-refractivity contribution in [2.75, 3.05) is 32.8 Å². The fourth-order valence-corrected chi connectivity index (χ4v) is 3.79. The fourth-order valence-electron chi connectivity index (χ4n) is 3.79. The maximum absolute atomic E-state index is 14.4. The summed E-state index contributed by atoms with van der Waals surface area (Å²) in [6.07, 6.45) is 1.66. The van der Waals surface area contributed by atoms with E-state index in [9.17, 15) is 19.3 Å². The van der Waals surface area contributed by atoms with Crippen molar-refractivity contribution in [1.82, 2.24) is 9.88 Å². The molecule has 2 heterocycles. The molecule has 1 N–H and O–H groups in total. The van der Waals surface area contributed by atoms with Gasteiger partial charge in [-0.2, -0.15) is 0 Å². The minimum absolute atomic E-state index is 0.0812. The summed E-state index contributed by atoms with van der Waals surface area (Å²) >= 11 is 0. The number of morpholine rings is 1. The molecule has 1 aliphatic rings. The molecule has 2 aromatic carbocycles. The van der Waals surface area contributed by atoms with E-state index in [0.717, 1.165) is 5.39 Å². The standard InChI is InChI=1S/C21H20FN3O4/c22-19-4-2-1-3-15(19)18(13-25(27)28)17-12-23-20-11-14(5-6-16(17)20)21(26)24-7-9-29-10-8-24/h1-6,11-12,18,23H,7-10,13H2. The molecule has 1 unspecified atom stereocenters. The number of H-pyrrole nitrogens is 1. The molecule has 1 amide bonds. The molecule has 0 aliphatic carbocycles. The van der Waals surface area contributed by atoms with Gasteiger partial charge in [0.25, 0.3) is 5.91 Å². The number of aromatic amines is 1. The third-order valence-corrected chi connectivity index (χ3v) is 5.25. The van der Waals surface area contributed by atoms with E-state index in [1.807, 2.05) is 0 Å². The van der Waals surface area contributed by atoms with Crippen LogP contribution in [0.5, 0.6) is 0 Å². The highest BCUT2D eigenvalue weighted by Gasteiger charge is 2.26. The first-order valence-electron chi connectivity index (χ1n) is 9.39. The van der Waals surface area contributed by atoms with E-state index in [1.54, 1.807) is 47.5 Å². The summed E-state index contributed by atoms with van der Waals surface area (Å²) in [4.78, 5) is 28.4. The molecule has 0 radical (unpaired) electrons. The van der Waals surface area contributed by atoms with Crippen LogP contribution in [0.4, 0.5) is 4.39 Å². The largest absolute Gasteiger partial charge is 0.378 e. The zero-order valence-electron chi connectivity index (χ0n) is 15.6. The van der Waals surface area contributed by atoms with Gasteiger partial charge in [0, 0.05) is 46.2 Å². The Hall–Kier alpha value is -3.26. The molecule has 1 aromatic heterocycles. The summed E-state index contributed by atoms with van der Waals surface area (Å²) in [5, 5.41) is 12.0. The first-order chi connectivity index (χ1) is 14.0. The smallest absolute Gasteiger partial charge is 0.254 e. The number of fused-ring (bicyclic) bond motifs is 1. The van der Waals surface area contributed by atoms with Gasteiger partial charge in [0.15, 0.2) is 0 Å². The first-order valence-corrected chi connectivity index (χ1v) is 9.39. The monoisotopic (exact) mass is 397 g/mol. The lowest BCUT2D eigenvalue weighted by molar-refractivity contribution is -0.481. The highest BCUT2D eigenvalue weighted by molar-refractivity contribution is 5.98. The number of carbonyl (C=O) groups excluding carboxylic acids is 1. The average molecular weight is 397 g/mol. The highest BCUT2D eigenvalue weighted by Crippen LogP contribution is 2.33. The van der Waals surface area contributed by atoms with E-state index in [0.29, 0.717) is 42.9 Å². The quantitative estimate of drug-likeness (QED) is 0.529. The van der Waals surface area contributed by atoms with Crippen LogP contribution < -0.4 is 0 Å². The van der Waals surface area contributed by atoms with Crippen LogP contribution in [-0.4, -0.2) is 53.6 Å². The fraction of sp³-hybridized carbons (Fsp3) is 0.286. The van der Waals surface area contributed by atoms with Crippen molar-refractivity contribution in [3.05, 3.63) is 81.3 Å². The average Bonchev–Trinajstić information content (AvgIpc) is 3.15. The van der Waals surface area contributed by atoms with Gasteiger partial charge >= 0.3 is 0 Å². The minimum atomic E-state index is -0.735. The molecule has 7 nitrogen and oxygen atoms in total. The van der Waals surface area contributed by atoms with Gasteiger partial charge in [-0.15, -0.1) is 0 Å². The second-order valence-corrected chi connectivity index (χ2v) is 7.00. The second-order valence-electron chi connectivity index (χ2n) is 7.00. The van der Waals surface area contributed by atoms with Crippen molar-refractivity contribution in [1.29, 1.82) is 0 Å². The molecule has 1 atom stereocenters. The molecule has 0 bridgehead atoms. The van der Waals surface area contributed by atoms with Crippen LogP contribution >= 0.6 is 0 Å². The van der Waals surface area contributed by atoms with E-state index in [2.05, 4.69) is 4.98 Å². The van der Waals surface area contributed by atoms with Gasteiger partial charge in [0.1, 0.15) is 5.82 Å². The van der Waals surface area contributed by atoms with E-state index in [-0.39, 0.29) is 11.5 Å². The van der Waals surface area contributed by atoms with E-state index in [4.69, 9.17) is 4.74 Å². The van der Waals surface area contributed by atoms with E-state index < -0.39 is 23.2 Å². The lowest BCUT2D eigenvalue weighted by Crippen LogP contribution is -2.40. The third kappa shape index (κ3) is 3.84. The van der Waals surface area contributed by atoms with Gasteiger partial charge in [-0.3, -0.25) is 14.9 Å². The predicted molar refractivity (Wildman–Crippen MR) is 105 cm³/mol. The number of hydrogen-bond donors (Lipinski definition) is 1. The summed E-state index contributed by atoms with van der Waals surface area (Å²) in [7, 11) is 0. The lowest BCUT2D eigenvalue weighted by atomic mass is 9.90. The van der Waals surface area contributed by atoms with Gasteiger partial charge in [0.2, 0.25) is 6.54 Å². The van der Waals surface area contributed by atoms with Crippen LogP contribution in [0.2, 0.25) is 0 Å². The molecule has 1 aliphatic heterocycles. The van der Waals surface area contributed by atoms with Crippen LogP contribution in [0.15, 0.2) is 48.7 Å². The first kappa shape index (κ1) is 19.1. The summed E-state index contributed by atoms with van der Waals surface area (Å²) in [6, 6.07) is 11.3. The second kappa shape index (κ2) is 8.00. The molecule has 150 valence electrons. The van der Waals surface area contributed by atoms with Crippen molar-refractivity contribution in [2.45, 2.75) is 5.92 Å². The zero-order valence-corrected chi connectivity index (χ0v) is 15.6. The van der Waals surface area contributed by atoms with Gasteiger partial charge in [-0.25, -0.2) is 4.39 Å². The summed E-state index contributed by atoms with van der Waals surface area (Å²) in [5.74, 6) is -1.30. The van der Waals surface area contributed by atoms with Crippen LogP contribution in [0.3, 0.4) is 0 Å². The summed E-state index contributed by atoms with van der Waals surface area (Å²) in [6.45, 7) is 1.70. The molecule has 0 spiro atoms. The van der Waals surface area contributed by atoms with Gasteiger partial charge < -0.3 is 14.6 Å². The maximum Gasteiger partial charge on any atom is 0.254 e. The number of nitrogens with one attached hydrogen (secondary N) is 1. The number of aromatic nitrogens is 1. The van der Waals surface area contributed by atoms with E-state index >= 15 is 0 Å². The molecule has 8 heteroatoms. The zero-order chi connectivity index (χ0) is 20.4. The third-order valence-electron chi connectivity index (χ3n) is 5.25. The highest BCUT2D eigenvalue weighted by atomic mass is 19.1. The Balaban J connectivity index is 1.71. The predicted octanol–water partition coefficient (Wildman–Crippen LogP) is 3.19. The maximum atomic E-state index is 14.4. The number of ether oxygens (including phenoxy) is 1. The van der Waals surface area contributed by atoms with Crippen molar-refractivity contribution >= 4 is 16.8 Å². The van der Waals surface area contributed by atoms with Crippen molar-refractivity contribution in [3.8, 4) is 0 Å². The van der Waals surface area contributed by atoms with Crippen LogP contribution in [-0.2, 0) is 4.74 Å². The van der Waals surface area contributed by atoms with Crippen LogP contribution in [0.25, 0.3) is 10.9 Å². The molecule has 0 saturated carbocycles. The number of hydrogen-bond acceptors (Lipinski definition) is 4. The van der Waals surface area contributed by atoms with Crippen molar-refractivity contribution in [2.24, 2.45) is 0 Å². The van der Waals surface area contributed by atoms with Crippen LogP contribution in [0.1, 0.15) is 27.4 Å². The van der Waals surface area contributed by atoms with Gasteiger partial charge in [0.05, 0.1) is 19.1 Å². The molecular weight excluding hydrogens is 377 g/mol. The molecule has 3 aromatic rings. The normalized spacial score (nSPS) is 15.4. The Bertz CT molecular complexity index is 1060. The van der Waals surface area contributed by atoms with Crippen molar-refractivity contribution in [3.63, 3.8) is 0 Å². The Labute approximate surface area is 166 Å². The topological polar surface area (TPSA) is 88.5 Å². The number of benzene rings is 2. The van der Waals surface area contributed by atoms with Gasteiger partial charge in [-0.05, 0) is 23.8 Å². The number of carbonyl (C=O) groups is 1. The SMILES string of the molecule is O=C(c1ccc2c(C(C[N+](=O)[O-])c3ccccc3F)c[nH]c2c1)N1CCOCC1. The van der Waals surface area contributed by atoms with Crippen LogP contribution in [0, 0.1) is 15.9 Å². The number of rotatable bonds is 5. The Morgan fingerprint density at radius 2 is 1.97 bits per heavy atom. The minimum Gasteiger partial charge on any atom is -0.378 e. The molecule has 4 rings (SSSR count). The van der Waals surface area contributed by atoms with Crippen molar-refractivity contribution < 1.29 is 18.8 Å². The number of halogens is 1. The summed E-state index contributed by atoms with van der Waals surface area (Å²) < 4.78 is 19.6. The summed E-state index contributed by atoms with van der Waals surface area (Å²) in [5.41, 5.74) is 2.12. The van der Waals surface area contributed by atoms with E-state index in [1.165, 1.54) is 6.07 Å². The number of nitro groups is 1.